The lowest BCUT2D eigenvalue weighted by Gasteiger charge is -2.24. The molecule has 35 heavy (non-hydrogen) atoms. The van der Waals surface area contributed by atoms with Gasteiger partial charge < -0.3 is 20.9 Å². The maximum absolute atomic E-state index is 12.8. The molecule has 1 atom stereocenters. The van der Waals surface area contributed by atoms with Crippen molar-refractivity contribution in [3.63, 3.8) is 0 Å². The highest BCUT2D eigenvalue weighted by Gasteiger charge is 2.33. The van der Waals surface area contributed by atoms with Crippen LogP contribution in [0.2, 0.25) is 0 Å². The maximum atomic E-state index is 12.8. The van der Waals surface area contributed by atoms with Crippen molar-refractivity contribution in [2.45, 2.75) is 17.4 Å². The average molecular weight is 503 g/mol. The van der Waals surface area contributed by atoms with Gasteiger partial charge in [-0.3, -0.25) is 18.8 Å². The molecule has 0 saturated carbocycles. The number of carbonyl (C=O) groups is 2. The highest BCUT2D eigenvalue weighted by atomic mass is 32.2. The van der Waals surface area contributed by atoms with Crippen molar-refractivity contribution in [3.05, 3.63) is 76.7 Å². The van der Waals surface area contributed by atoms with Crippen molar-refractivity contribution in [2.24, 2.45) is 5.73 Å². The minimum absolute atomic E-state index is 0.00417. The Labute approximate surface area is 201 Å². The minimum Gasteiger partial charge on any atom is -0.492 e. The first kappa shape index (κ1) is 25.9. The molecule has 4 N–H and O–H groups in total. The number of nitrogens with zero attached hydrogens (tertiary/aromatic N) is 2. The number of nitrogens with one attached hydrogen (secondary N) is 1. The summed E-state index contributed by atoms with van der Waals surface area (Å²) in [5, 5.41) is 12.0. The van der Waals surface area contributed by atoms with Crippen LogP contribution >= 0.6 is 0 Å². The molecule has 11 nitrogen and oxygen atoms in total. The van der Waals surface area contributed by atoms with Crippen LogP contribution in [0, 0.1) is 0 Å². The summed E-state index contributed by atoms with van der Waals surface area (Å²) in [7, 11) is -2.99. The van der Waals surface area contributed by atoms with Gasteiger partial charge in [-0.25, -0.2) is 8.42 Å². The predicted octanol–water partition coefficient (Wildman–Crippen LogP) is 0.531. The number of rotatable bonds is 11. The van der Waals surface area contributed by atoms with Crippen molar-refractivity contribution in [1.29, 1.82) is 0 Å². The van der Waals surface area contributed by atoms with E-state index in [9.17, 15) is 27.9 Å². The van der Waals surface area contributed by atoms with E-state index in [1.54, 1.807) is 18.2 Å². The quantitative estimate of drug-likeness (QED) is 0.320. The van der Waals surface area contributed by atoms with Crippen molar-refractivity contribution in [2.75, 3.05) is 26.7 Å². The largest absolute Gasteiger partial charge is 0.492 e. The van der Waals surface area contributed by atoms with E-state index in [0.717, 1.165) is 13.1 Å². The molecule has 1 amide bonds. The molecule has 0 spiro atoms. The van der Waals surface area contributed by atoms with Gasteiger partial charge in [-0.2, -0.15) is 4.31 Å². The summed E-state index contributed by atoms with van der Waals surface area (Å²) in [5.74, 6) is -1.69. The smallest absolute Gasteiger partial charge is 0.323 e. The van der Waals surface area contributed by atoms with E-state index in [1.807, 2.05) is 0 Å². The van der Waals surface area contributed by atoms with E-state index < -0.39 is 40.0 Å². The summed E-state index contributed by atoms with van der Waals surface area (Å²) >= 11 is 0. The number of sulfonamides is 1. The molecule has 2 heterocycles. The van der Waals surface area contributed by atoms with Gasteiger partial charge in [-0.05, 0) is 43.3 Å². The predicted molar refractivity (Wildman–Crippen MR) is 128 cm³/mol. The lowest BCUT2D eigenvalue weighted by Crippen LogP contribution is -2.49. The number of fused-ring (bicyclic) bond motifs is 1. The number of likely N-dealkylation sites (N-methyl/N-ethyl adjacent to an activating group) is 1. The van der Waals surface area contributed by atoms with Crippen LogP contribution < -0.4 is 21.3 Å². The third-order valence-corrected chi connectivity index (χ3v) is 7.13. The van der Waals surface area contributed by atoms with Crippen LogP contribution in [0.25, 0.3) is 5.52 Å². The normalized spacial score (nSPS) is 12.4. The van der Waals surface area contributed by atoms with Crippen LogP contribution in [0.4, 0.5) is 0 Å². The number of aromatic nitrogens is 1. The lowest BCUT2D eigenvalue weighted by atomic mass is 10.2. The number of carboxylic acid groups (broad SMARTS) is 1. The monoisotopic (exact) mass is 502 g/mol. The van der Waals surface area contributed by atoms with E-state index in [-0.39, 0.29) is 10.5 Å². The third kappa shape index (κ3) is 6.04. The Morgan fingerprint density at radius 1 is 1.17 bits per heavy atom. The molecule has 186 valence electrons. The van der Waals surface area contributed by atoms with Gasteiger partial charge in [-0.1, -0.05) is 18.2 Å². The van der Waals surface area contributed by atoms with Gasteiger partial charge in [0, 0.05) is 30.7 Å². The Kier molecular flexibility index (Phi) is 8.22. The van der Waals surface area contributed by atoms with Crippen molar-refractivity contribution < 1.29 is 27.9 Å². The number of carbonyl (C=O) groups excluding carboxylic acids is 1. The summed E-state index contributed by atoms with van der Waals surface area (Å²) < 4.78 is 33.1. The van der Waals surface area contributed by atoms with Crippen LogP contribution in [-0.4, -0.2) is 66.9 Å². The molecule has 0 aliphatic heterocycles. The molecule has 0 aliphatic carbocycles. The lowest BCUT2D eigenvalue weighted by molar-refractivity contribution is -0.140. The van der Waals surface area contributed by atoms with Gasteiger partial charge in [0.15, 0.2) is 0 Å². The fraction of sp³-hybridized carbons (Fsp3) is 0.261. The van der Waals surface area contributed by atoms with Crippen LogP contribution in [-0.2, 0) is 14.8 Å². The second kappa shape index (κ2) is 11.1. The topological polar surface area (TPSA) is 161 Å². The van der Waals surface area contributed by atoms with Crippen molar-refractivity contribution in [1.82, 2.24) is 14.0 Å². The highest BCUT2D eigenvalue weighted by molar-refractivity contribution is 7.89. The Morgan fingerprint density at radius 2 is 1.89 bits per heavy atom. The summed E-state index contributed by atoms with van der Waals surface area (Å²) in [5.41, 5.74) is 5.38. The molecule has 0 fully saturated rings. The van der Waals surface area contributed by atoms with Crippen molar-refractivity contribution in [3.8, 4) is 5.75 Å². The SMILES string of the molecule is CN(C(CNC(=O)c1cc(=O)n2cc(OCCCN)ccc2c1)C(=O)O)S(=O)(=O)c1ccccc1. The fourth-order valence-electron chi connectivity index (χ4n) is 3.28. The first-order chi connectivity index (χ1) is 16.6. The van der Waals surface area contributed by atoms with E-state index in [2.05, 4.69) is 5.32 Å². The van der Waals surface area contributed by atoms with E-state index in [1.165, 1.54) is 40.9 Å². The zero-order chi connectivity index (χ0) is 25.6. The average Bonchev–Trinajstić information content (AvgIpc) is 2.84. The Hall–Kier alpha value is -3.74. The molecule has 0 saturated heterocycles. The van der Waals surface area contributed by atoms with Gasteiger partial charge in [0.25, 0.3) is 11.5 Å². The van der Waals surface area contributed by atoms with Crippen LogP contribution in [0.5, 0.6) is 5.75 Å². The number of carboxylic acids is 1. The zero-order valence-corrected chi connectivity index (χ0v) is 19.8. The molecule has 2 aromatic heterocycles. The second-order valence-corrected chi connectivity index (χ2v) is 9.63. The highest BCUT2D eigenvalue weighted by Crippen LogP contribution is 2.17. The molecule has 0 aliphatic rings. The number of aliphatic carboxylic acids is 1. The van der Waals surface area contributed by atoms with E-state index in [4.69, 9.17) is 10.5 Å². The second-order valence-electron chi connectivity index (χ2n) is 7.63. The minimum atomic E-state index is -4.11. The summed E-state index contributed by atoms with van der Waals surface area (Å²) in [6, 6.07) is 11.6. The van der Waals surface area contributed by atoms with Gasteiger partial charge in [0.1, 0.15) is 11.8 Å². The molecule has 3 rings (SSSR count). The van der Waals surface area contributed by atoms with Crippen molar-refractivity contribution >= 4 is 27.4 Å². The Morgan fingerprint density at radius 3 is 2.54 bits per heavy atom. The Balaban J connectivity index is 1.76. The van der Waals surface area contributed by atoms with Crippen LogP contribution in [0.1, 0.15) is 16.8 Å². The number of ether oxygens (including phenoxy) is 1. The van der Waals surface area contributed by atoms with E-state index in [0.29, 0.717) is 35.1 Å². The third-order valence-electron chi connectivity index (χ3n) is 5.25. The van der Waals surface area contributed by atoms with Crippen LogP contribution in [0.3, 0.4) is 0 Å². The number of benzene rings is 1. The number of pyridine rings is 2. The Bertz CT molecular complexity index is 1370. The molecule has 12 heteroatoms. The molecule has 1 aromatic carbocycles. The number of nitrogens with two attached hydrogens (primary N) is 1. The molecule has 3 aromatic rings. The summed E-state index contributed by atoms with van der Waals surface area (Å²) in [6.07, 6.45) is 2.16. The first-order valence-electron chi connectivity index (χ1n) is 10.7. The van der Waals surface area contributed by atoms with Gasteiger partial charge >= 0.3 is 5.97 Å². The zero-order valence-electron chi connectivity index (χ0n) is 19.0. The molecular formula is C23H26N4O7S. The first-order valence-corrected chi connectivity index (χ1v) is 12.1. The van der Waals surface area contributed by atoms with Gasteiger partial charge in [0.05, 0.1) is 17.7 Å². The molecule has 0 radical (unpaired) electrons. The number of amides is 1. The molecule has 0 bridgehead atoms. The fourth-order valence-corrected chi connectivity index (χ4v) is 4.62. The van der Waals surface area contributed by atoms with Gasteiger partial charge in [-0.15, -0.1) is 0 Å². The summed E-state index contributed by atoms with van der Waals surface area (Å²) in [4.78, 5) is 37.0. The van der Waals surface area contributed by atoms with E-state index >= 15 is 0 Å². The number of hydrogen-bond donors (Lipinski definition) is 3. The van der Waals surface area contributed by atoms with Crippen LogP contribution in [0.15, 0.2) is 70.5 Å². The standard InChI is InChI=1S/C23H26N4O7S/c1-26(35(32,33)19-6-3-2-4-7-19)20(23(30)31)14-25-22(29)16-12-17-8-9-18(34-11-5-10-24)15-27(17)21(28)13-16/h2-4,6-9,12-13,15,20H,5,10-11,14,24H2,1H3,(H,25,29)(H,30,31). The number of hydrogen-bond acceptors (Lipinski definition) is 7. The molecular weight excluding hydrogens is 476 g/mol. The maximum Gasteiger partial charge on any atom is 0.323 e. The molecule has 1 unspecified atom stereocenters. The van der Waals surface area contributed by atoms with Gasteiger partial charge in [0.2, 0.25) is 10.0 Å². The summed E-state index contributed by atoms with van der Waals surface area (Å²) in [6.45, 7) is 0.364.